The van der Waals surface area contributed by atoms with Crippen LogP contribution in [0.3, 0.4) is 0 Å². The first kappa shape index (κ1) is 20.5. The molecule has 0 amide bonds. The predicted molar refractivity (Wildman–Crippen MR) is 104 cm³/mol. The fourth-order valence-electron chi connectivity index (χ4n) is 2.73. The Hall–Kier alpha value is -2.79. The number of hydrogen-bond acceptors (Lipinski definition) is 5. The van der Waals surface area contributed by atoms with E-state index in [1.807, 2.05) is 13.8 Å². The van der Waals surface area contributed by atoms with Crippen molar-refractivity contribution in [2.75, 3.05) is 14.2 Å². The van der Waals surface area contributed by atoms with Crippen molar-refractivity contribution in [2.45, 2.75) is 32.8 Å². The molecule has 0 fully saturated rings. The molecule has 0 saturated heterocycles. The zero-order valence-electron chi connectivity index (χ0n) is 16.2. The topological polar surface area (TPSA) is 76.0 Å². The highest BCUT2D eigenvalue weighted by atomic mass is 16.5. The molecule has 27 heavy (non-hydrogen) atoms. The summed E-state index contributed by atoms with van der Waals surface area (Å²) in [4.78, 5) is 12.5. The molecule has 2 aromatic rings. The highest BCUT2D eigenvalue weighted by Gasteiger charge is 2.20. The number of phenols is 1. The summed E-state index contributed by atoms with van der Waals surface area (Å²) in [5, 5.41) is 20.5. The summed E-state index contributed by atoms with van der Waals surface area (Å²) < 4.78 is 10.4. The van der Waals surface area contributed by atoms with Crippen LogP contribution in [-0.2, 0) is 17.6 Å². The number of carbonyl (C=O) groups is 1. The molecule has 0 radical (unpaired) electrons. The van der Waals surface area contributed by atoms with Gasteiger partial charge in [0.1, 0.15) is 23.4 Å². The van der Waals surface area contributed by atoms with Crippen molar-refractivity contribution in [1.82, 2.24) is 0 Å². The van der Waals surface area contributed by atoms with Gasteiger partial charge in [-0.3, -0.25) is 4.79 Å². The maximum absolute atomic E-state index is 12.5. The first-order valence-corrected chi connectivity index (χ1v) is 8.72. The van der Waals surface area contributed by atoms with Gasteiger partial charge in [-0.05, 0) is 49.6 Å². The number of aromatic hydroxyl groups is 1. The van der Waals surface area contributed by atoms with Crippen molar-refractivity contribution >= 4 is 5.78 Å². The van der Waals surface area contributed by atoms with Crippen molar-refractivity contribution in [1.29, 1.82) is 0 Å². The third-order valence-electron chi connectivity index (χ3n) is 4.31. The van der Waals surface area contributed by atoms with Crippen LogP contribution in [0.15, 0.2) is 48.0 Å². The lowest BCUT2D eigenvalue weighted by Gasteiger charge is -2.14. The van der Waals surface area contributed by atoms with Crippen LogP contribution >= 0.6 is 0 Å². The monoisotopic (exact) mass is 370 g/mol. The molecule has 0 saturated carbocycles. The van der Waals surface area contributed by atoms with Gasteiger partial charge in [0.25, 0.3) is 0 Å². The summed E-state index contributed by atoms with van der Waals surface area (Å²) in [5.41, 5.74) is 3.02. The van der Waals surface area contributed by atoms with Gasteiger partial charge in [-0.2, -0.15) is 0 Å². The molecular weight excluding hydrogens is 344 g/mol. The molecule has 0 aliphatic heterocycles. The molecule has 2 rings (SSSR count). The second kappa shape index (κ2) is 9.24. The number of methoxy groups -OCH3 is 2. The second-order valence-corrected chi connectivity index (χ2v) is 6.60. The van der Waals surface area contributed by atoms with Gasteiger partial charge in [-0.25, -0.2) is 0 Å². The number of rotatable bonds is 8. The quantitative estimate of drug-likeness (QED) is 0.692. The van der Waals surface area contributed by atoms with Crippen LogP contribution in [0.25, 0.3) is 0 Å². The highest BCUT2D eigenvalue weighted by Crippen LogP contribution is 2.28. The molecule has 5 nitrogen and oxygen atoms in total. The van der Waals surface area contributed by atoms with E-state index in [1.165, 1.54) is 18.7 Å². The molecule has 0 aliphatic rings. The molecule has 1 unspecified atom stereocenters. The lowest BCUT2D eigenvalue weighted by Crippen LogP contribution is -2.15. The van der Waals surface area contributed by atoms with Gasteiger partial charge in [0.2, 0.25) is 0 Å². The van der Waals surface area contributed by atoms with Crippen LogP contribution in [0.2, 0.25) is 0 Å². The Morgan fingerprint density at radius 3 is 2.41 bits per heavy atom. The summed E-state index contributed by atoms with van der Waals surface area (Å²) in [6.45, 7) is 4.02. The fraction of sp³-hybridized carbons (Fsp3) is 0.318. The van der Waals surface area contributed by atoms with E-state index in [0.717, 1.165) is 5.56 Å². The Labute approximate surface area is 159 Å². The largest absolute Gasteiger partial charge is 0.508 e. The Bertz CT molecular complexity index is 835. The molecule has 5 heteroatoms. The summed E-state index contributed by atoms with van der Waals surface area (Å²) in [7, 11) is 3.09. The van der Waals surface area contributed by atoms with Gasteiger partial charge >= 0.3 is 0 Å². The molecule has 2 N–H and O–H groups in total. The smallest absolute Gasteiger partial charge is 0.170 e. The first-order valence-electron chi connectivity index (χ1n) is 8.72. The van der Waals surface area contributed by atoms with Gasteiger partial charge in [-0.15, -0.1) is 0 Å². The van der Waals surface area contributed by atoms with E-state index in [1.54, 1.807) is 37.4 Å². The van der Waals surface area contributed by atoms with Gasteiger partial charge in [0, 0.05) is 18.1 Å². The van der Waals surface area contributed by atoms with E-state index < -0.39 is 11.9 Å². The van der Waals surface area contributed by atoms with E-state index in [9.17, 15) is 15.0 Å². The number of hydrogen-bond donors (Lipinski definition) is 2. The summed E-state index contributed by atoms with van der Waals surface area (Å²) in [6.07, 6.45) is 1.36. The average molecular weight is 370 g/mol. The number of carbonyl (C=O) groups excluding carboxylic acids is 1. The van der Waals surface area contributed by atoms with Crippen LogP contribution in [0.1, 0.15) is 36.6 Å². The minimum Gasteiger partial charge on any atom is -0.508 e. The number of allylic oxidation sites excluding steroid dienone is 2. The maximum Gasteiger partial charge on any atom is 0.170 e. The number of aliphatic hydroxyl groups excluding tert-OH is 1. The zero-order valence-corrected chi connectivity index (χ0v) is 16.2. The Kier molecular flexibility index (Phi) is 7.02. The van der Waals surface area contributed by atoms with Crippen molar-refractivity contribution in [3.05, 3.63) is 64.7 Å². The summed E-state index contributed by atoms with van der Waals surface area (Å²) in [5.74, 6) is 0.787. The maximum atomic E-state index is 12.5. The lowest BCUT2D eigenvalue weighted by molar-refractivity contribution is -0.126. The van der Waals surface area contributed by atoms with Gasteiger partial charge in [0.05, 0.1) is 14.2 Å². The van der Waals surface area contributed by atoms with E-state index in [0.29, 0.717) is 29.0 Å². The summed E-state index contributed by atoms with van der Waals surface area (Å²) >= 11 is 0. The molecule has 0 spiro atoms. The van der Waals surface area contributed by atoms with Crippen LogP contribution < -0.4 is 9.47 Å². The van der Waals surface area contributed by atoms with E-state index >= 15 is 0 Å². The average Bonchev–Trinajstić information content (AvgIpc) is 2.66. The molecular formula is C22H26O5. The van der Waals surface area contributed by atoms with Crippen molar-refractivity contribution in [3.8, 4) is 17.2 Å². The molecule has 2 aromatic carbocycles. The second-order valence-electron chi connectivity index (χ2n) is 6.60. The SMILES string of the molecule is COc1ccc(CC(=O)C(O)c2ccc(OC)c(CC=C(C)C)c2)c(O)c1. The Morgan fingerprint density at radius 1 is 1.07 bits per heavy atom. The number of ether oxygens (including phenoxy) is 2. The predicted octanol–water partition coefficient (Wildman–Crippen LogP) is 3.76. The molecule has 0 aliphatic carbocycles. The van der Waals surface area contributed by atoms with Crippen LogP contribution in [0, 0.1) is 0 Å². The number of Topliss-reactive ketones (excluding diaryl/α,β-unsaturated/α-hetero) is 1. The molecule has 0 heterocycles. The molecule has 1 atom stereocenters. The van der Waals surface area contributed by atoms with Crippen molar-refractivity contribution < 1.29 is 24.5 Å². The van der Waals surface area contributed by atoms with Gasteiger partial charge in [-0.1, -0.05) is 23.8 Å². The van der Waals surface area contributed by atoms with Crippen molar-refractivity contribution in [2.24, 2.45) is 0 Å². The Morgan fingerprint density at radius 2 is 1.81 bits per heavy atom. The standard InChI is InChI=1S/C22H26O5/c1-14(2)5-6-16-11-17(8-10-21(16)27-4)22(25)20(24)12-15-7-9-18(26-3)13-19(15)23/h5,7-11,13,22-23,25H,6,12H2,1-4H3. The minimum absolute atomic E-state index is 0.0334. The third-order valence-corrected chi connectivity index (χ3v) is 4.31. The van der Waals surface area contributed by atoms with Crippen LogP contribution in [0.5, 0.6) is 17.2 Å². The van der Waals surface area contributed by atoms with Crippen LogP contribution in [0.4, 0.5) is 0 Å². The zero-order chi connectivity index (χ0) is 20.0. The molecule has 0 bridgehead atoms. The van der Waals surface area contributed by atoms with Gasteiger partial charge < -0.3 is 19.7 Å². The third kappa shape index (κ3) is 5.34. The highest BCUT2D eigenvalue weighted by molar-refractivity contribution is 5.86. The van der Waals surface area contributed by atoms with Crippen LogP contribution in [-0.4, -0.2) is 30.2 Å². The van der Waals surface area contributed by atoms with E-state index in [2.05, 4.69) is 6.08 Å². The Balaban J connectivity index is 2.20. The normalized spacial score (nSPS) is 11.6. The number of aliphatic hydroxyl groups is 1. The number of phenolic OH excluding ortho intramolecular Hbond substituents is 1. The molecule has 0 aromatic heterocycles. The summed E-state index contributed by atoms with van der Waals surface area (Å²) in [6, 6.07) is 9.95. The fourth-order valence-corrected chi connectivity index (χ4v) is 2.73. The van der Waals surface area contributed by atoms with Gasteiger partial charge in [0.15, 0.2) is 5.78 Å². The van der Waals surface area contributed by atoms with E-state index in [4.69, 9.17) is 9.47 Å². The number of ketones is 1. The van der Waals surface area contributed by atoms with E-state index in [-0.39, 0.29) is 12.2 Å². The lowest BCUT2D eigenvalue weighted by atomic mass is 9.96. The first-order chi connectivity index (χ1) is 12.8. The van der Waals surface area contributed by atoms with Crippen molar-refractivity contribution in [3.63, 3.8) is 0 Å². The number of benzene rings is 2. The minimum atomic E-state index is -1.28. The molecule has 144 valence electrons.